The molecule has 0 bridgehead atoms. The van der Waals surface area contributed by atoms with E-state index >= 15 is 0 Å². The van der Waals surface area contributed by atoms with Crippen LogP contribution in [0.15, 0.2) is 48.5 Å². The number of nitrogens with one attached hydrogen (secondary N) is 2. The number of benzene rings is 2. The van der Waals surface area contributed by atoms with Crippen LogP contribution >= 0.6 is 0 Å². The van der Waals surface area contributed by atoms with Gasteiger partial charge in [0.15, 0.2) is 0 Å². The molecule has 2 aromatic rings. The lowest BCUT2D eigenvalue weighted by molar-refractivity contribution is -0.130. The zero-order valence-corrected chi connectivity index (χ0v) is 19.1. The van der Waals surface area contributed by atoms with Crippen LogP contribution in [0.1, 0.15) is 36.8 Å². The van der Waals surface area contributed by atoms with Gasteiger partial charge in [0.1, 0.15) is 24.7 Å². The molecular formula is C26H34N2O4. The largest absolute Gasteiger partial charge is 0.491 e. The molecule has 2 N–H and O–H groups in total. The third-order valence-corrected chi connectivity index (χ3v) is 5.97. The molecule has 2 amide bonds. The van der Waals surface area contributed by atoms with Crippen molar-refractivity contribution in [1.29, 1.82) is 0 Å². The molecule has 0 heterocycles. The van der Waals surface area contributed by atoms with E-state index in [0.29, 0.717) is 26.3 Å². The molecule has 0 aromatic heterocycles. The fraction of sp³-hybridized carbons (Fsp3) is 0.462. The summed E-state index contributed by atoms with van der Waals surface area (Å²) in [7, 11) is 0. The van der Waals surface area contributed by atoms with Crippen molar-refractivity contribution in [3.63, 3.8) is 0 Å². The van der Waals surface area contributed by atoms with Gasteiger partial charge in [-0.1, -0.05) is 36.4 Å². The van der Waals surface area contributed by atoms with Gasteiger partial charge in [-0.05, 0) is 62.8 Å². The van der Waals surface area contributed by atoms with Gasteiger partial charge >= 0.3 is 0 Å². The summed E-state index contributed by atoms with van der Waals surface area (Å²) >= 11 is 0. The number of ether oxygens (including phenoxy) is 2. The maximum absolute atomic E-state index is 12.4. The first-order valence-electron chi connectivity index (χ1n) is 11.5. The fourth-order valence-electron chi connectivity index (χ4n) is 4.01. The third kappa shape index (κ3) is 7.01. The van der Waals surface area contributed by atoms with Crippen LogP contribution in [0.4, 0.5) is 0 Å². The second kappa shape index (κ2) is 12.1. The lowest BCUT2D eigenvalue weighted by Crippen LogP contribution is -2.39. The van der Waals surface area contributed by atoms with Crippen molar-refractivity contribution in [2.75, 3.05) is 26.3 Å². The van der Waals surface area contributed by atoms with Gasteiger partial charge in [0.25, 0.3) is 0 Å². The van der Waals surface area contributed by atoms with Gasteiger partial charge in [0.2, 0.25) is 11.8 Å². The van der Waals surface area contributed by atoms with Crippen molar-refractivity contribution >= 4 is 11.8 Å². The van der Waals surface area contributed by atoms with Crippen molar-refractivity contribution in [3.05, 3.63) is 59.7 Å². The lowest BCUT2D eigenvalue weighted by Gasteiger charge is -2.27. The van der Waals surface area contributed by atoms with E-state index in [1.807, 2.05) is 62.4 Å². The highest BCUT2D eigenvalue weighted by atomic mass is 16.5. The normalized spacial score (nSPS) is 17.9. The molecular weight excluding hydrogens is 404 g/mol. The van der Waals surface area contributed by atoms with Crippen LogP contribution in [-0.4, -0.2) is 38.1 Å². The van der Waals surface area contributed by atoms with Crippen LogP contribution in [-0.2, 0) is 9.59 Å². The molecule has 0 spiro atoms. The number of aryl methyl sites for hydroxylation is 2. The van der Waals surface area contributed by atoms with E-state index in [1.165, 1.54) is 0 Å². The maximum atomic E-state index is 12.4. The van der Waals surface area contributed by atoms with Gasteiger partial charge in [-0.15, -0.1) is 0 Å². The second-order valence-corrected chi connectivity index (χ2v) is 8.36. The molecule has 1 fully saturated rings. The first-order chi connectivity index (χ1) is 15.5. The number of para-hydroxylation sites is 2. The van der Waals surface area contributed by atoms with Crippen LogP contribution in [0.5, 0.6) is 11.5 Å². The van der Waals surface area contributed by atoms with Crippen LogP contribution in [0.3, 0.4) is 0 Å². The Bertz CT molecular complexity index is 817. The fourth-order valence-corrected chi connectivity index (χ4v) is 4.01. The maximum Gasteiger partial charge on any atom is 0.223 e. The standard InChI is InChI=1S/C26H34N2O4/c1-19-7-3-5-9-23(19)31-17-15-27-25(29)21-11-13-22(14-12-21)26(30)28-16-18-32-24-10-6-4-8-20(24)2/h3-10,21-22H,11-18H2,1-2H3,(H,27,29)(H,28,30). The SMILES string of the molecule is Cc1ccccc1OCCNC(=O)C1CCC(C(=O)NCCOc2ccccc2C)CC1. The Morgan fingerprint density at radius 2 is 1.09 bits per heavy atom. The molecule has 0 aliphatic heterocycles. The number of hydrogen-bond donors (Lipinski definition) is 2. The first kappa shape index (κ1) is 23.6. The highest BCUT2D eigenvalue weighted by molar-refractivity contribution is 5.81. The van der Waals surface area contributed by atoms with Gasteiger partial charge in [-0.25, -0.2) is 0 Å². The monoisotopic (exact) mass is 438 g/mol. The molecule has 0 saturated heterocycles. The second-order valence-electron chi connectivity index (χ2n) is 8.36. The van der Waals surface area contributed by atoms with E-state index in [-0.39, 0.29) is 23.7 Å². The predicted octanol–water partition coefficient (Wildman–Crippen LogP) is 3.80. The summed E-state index contributed by atoms with van der Waals surface area (Å²) in [6.45, 7) is 5.85. The molecule has 0 unspecified atom stereocenters. The molecule has 172 valence electrons. The van der Waals surface area contributed by atoms with Gasteiger partial charge in [0.05, 0.1) is 13.1 Å². The van der Waals surface area contributed by atoms with Gasteiger partial charge in [0, 0.05) is 11.8 Å². The third-order valence-electron chi connectivity index (χ3n) is 5.97. The number of amides is 2. The molecule has 1 saturated carbocycles. The molecule has 1 aliphatic rings. The Labute approximate surface area is 190 Å². The van der Waals surface area contributed by atoms with Crippen LogP contribution in [0, 0.1) is 25.7 Å². The summed E-state index contributed by atoms with van der Waals surface area (Å²) in [6.07, 6.45) is 2.95. The van der Waals surface area contributed by atoms with Gasteiger partial charge in [-0.3, -0.25) is 9.59 Å². The average molecular weight is 439 g/mol. The summed E-state index contributed by atoms with van der Waals surface area (Å²) in [5.74, 6) is 1.76. The van der Waals surface area contributed by atoms with Crippen molar-refractivity contribution in [2.45, 2.75) is 39.5 Å². The van der Waals surface area contributed by atoms with E-state index in [0.717, 1.165) is 48.3 Å². The molecule has 32 heavy (non-hydrogen) atoms. The van der Waals surface area contributed by atoms with E-state index in [1.54, 1.807) is 0 Å². The Kier molecular flexibility index (Phi) is 8.96. The molecule has 3 rings (SSSR count). The van der Waals surface area contributed by atoms with E-state index in [4.69, 9.17) is 9.47 Å². The number of hydrogen-bond acceptors (Lipinski definition) is 4. The first-order valence-corrected chi connectivity index (χ1v) is 11.5. The molecule has 1 aliphatic carbocycles. The van der Waals surface area contributed by atoms with Crippen molar-refractivity contribution < 1.29 is 19.1 Å². The molecule has 6 nitrogen and oxygen atoms in total. The van der Waals surface area contributed by atoms with E-state index in [2.05, 4.69) is 10.6 Å². The van der Waals surface area contributed by atoms with Crippen molar-refractivity contribution in [1.82, 2.24) is 10.6 Å². The van der Waals surface area contributed by atoms with Crippen LogP contribution in [0.25, 0.3) is 0 Å². The average Bonchev–Trinajstić information content (AvgIpc) is 2.81. The number of rotatable bonds is 10. The Hall–Kier alpha value is -3.02. The predicted molar refractivity (Wildman–Crippen MR) is 125 cm³/mol. The smallest absolute Gasteiger partial charge is 0.223 e. The summed E-state index contributed by atoms with van der Waals surface area (Å²) < 4.78 is 11.5. The van der Waals surface area contributed by atoms with Crippen LogP contribution in [0.2, 0.25) is 0 Å². The zero-order chi connectivity index (χ0) is 22.8. The molecule has 0 atom stereocenters. The molecule has 6 heteroatoms. The summed E-state index contributed by atoms with van der Waals surface area (Å²) in [5.41, 5.74) is 2.16. The van der Waals surface area contributed by atoms with Crippen LogP contribution < -0.4 is 20.1 Å². The Morgan fingerprint density at radius 1 is 0.719 bits per heavy atom. The van der Waals surface area contributed by atoms with Crippen molar-refractivity contribution in [2.24, 2.45) is 11.8 Å². The highest BCUT2D eigenvalue weighted by Gasteiger charge is 2.29. The molecule has 0 radical (unpaired) electrons. The lowest BCUT2D eigenvalue weighted by atomic mass is 9.81. The highest BCUT2D eigenvalue weighted by Crippen LogP contribution is 2.29. The van der Waals surface area contributed by atoms with E-state index < -0.39 is 0 Å². The van der Waals surface area contributed by atoms with Crippen molar-refractivity contribution in [3.8, 4) is 11.5 Å². The summed E-state index contributed by atoms with van der Waals surface area (Å²) in [4.78, 5) is 24.9. The van der Waals surface area contributed by atoms with Gasteiger partial charge < -0.3 is 20.1 Å². The minimum Gasteiger partial charge on any atom is -0.491 e. The minimum absolute atomic E-state index is 0.0260. The molecule has 2 aromatic carbocycles. The summed E-state index contributed by atoms with van der Waals surface area (Å²) in [5, 5.41) is 5.93. The van der Waals surface area contributed by atoms with Gasteiger partial charge in [-0.2, -0.15) is 0 Å². The topological polar surface area (TPSA) is 76.7 Å². The Balaban J connectivity index is 1.28. The van der Waals surface area contributed by atoms with E-state index in [9.17, 15) is 9.59 Å². The Morgan fingerprint density at radius 3 is 1.47 bits per heavy atom. The number of carbonyl (C=O) groups is 2. The minimum atomic E-state index is -0.0260. The number of carbonyl (C=O) groups excluding carboxylic acids is 2. The zero-order valence-electron chi connectivity index (χ0n) is 19.1. The quantitative estimate of drug-likeness (QED) is 0.553. The summed E-state index contributed by atoms with van der Waals surface area (Å²) in [6, 6.07) is 15.7.